The number of hydrogen-bond acceptors (Lipinski definition) is 7. The van der Waals surface area contributed by atoms with Crippen LogP contribution in [0, 0.1) is 10.1 Å². The fourth-order valence-corrected chi connectivity index (χ4v) is 2.15. The summed E-state index contributed by atoms with van der Waals surface area (Å²) in [6.07, 6.45) is 0. The molecule has 1 aromatic carbocycles. The first-order chi connectivity index (χ1) is 9.75. The number of nitro benzene ring substituents is 1. The van der Waals surface area contributed by atoms with Gasteiger partial charge in [-0.25, -0.2) is 0 Å². The van der Waals surface area contributed by atoms with Crippen LogP contribution in [0.1, 0.15) is 0 Å². The molecule has 0 saturated carbocycles. The second-order valence-corrected chi connectivity index (χ2v) is 4.26. The molecule has 0 bridgehead atoms. The number of ether oxygens (including phenoxy) is 1. The van der Waals surface area contributed by atoms with Crippen molar-refractivity contribution in [1.82, 2.24) is 20.6 Å². The summed E-state index contributed by atoms with van der Waals surface area (Å²) in [6, 6.07) is 4.62. The molecule has 0 radical (unpaired) electrons. The zero-order valence-corrected chi connectivity index (χ0v) is 10.5. The van der Waals surface area contributed by atoms with E-state index in [1.165, 1.54) is 12.1 Å². The maximum atomic E-state index is 10.9. The standard InChI is InChI=1S/C11H11N6O3/c18-17(19)8-1-2-10(16-3-5-20-6-4-16)9(7-8)11-12-14-15-13-11/h1-2,7H,3-6H2/q-1. The summed E-state index contributed by atoms with van der Waals surface area (Å²) in [5, 5.41) is 25.4. The molecular weight excluding hydrogens is 264 g/mol. The van der Waals surface area contributed by atoms with Gasteiger partial charge in [0.2, 0.25) is 0 Å². The number of morpholine rings is 1. The third-order valence-corrected chi connectivity index (χ3v) is 3.10. The van der Waals surface area contributed by atoms with E-state index in [0.29, 0.717) is 31.9 Å². The lowest BCUT2D eigenvalue weighted by Gasteiger charge is -2.30. The summed E-state index contributed by atoms with van der Waals surface area (Å²) in [5.41, 5.74) is 1.38. The monoisotopic (exact) mass is 275 g/mol. The molecule has 1 aliphatic heterocycles. The average Bonchev–Trinajstić information content (AvgIpc) is 3.01. The van der Waals surface area contributed by atoms with Crippen molar-refractivity contribution in [2.45, 2.75) is 0 Å². The predicted molar refractivity (Wildman–Crippen MR) is 68.3 cm³/mol. The summed E-state index contributed by atoms with van der Waals surface area (Å²) in [6.45, 7) is 2.67. The number of nitrogens with zero attached hydrogens (tertiary/aromatic N) is 6. The van der Waals surface area contributed by atoms with Gasteiger partial charge in [-0.05, 0) is 6.07 Å². The first-order valence-corrected chi connectivity index (χ1v) is 6.06. The minimum atomic E-state index is -0.448. The Kier molecular flexibility index (Phi) is 3.25. The van der Waals surface area contributed by atoms with Crippen LogP contribution in [0.2, 0.25) is 0 Å². The Balaban J connectivity index is 2.06. The third-order valence-electron chi connectivity index (χ3n) is 3.10. The van der Waals surface area contributed by atoms with Crippen LogP contribution in [0.3, 0.4) is 0 Å². The Morgan fingerprint density at radius 1 is 1.35 bits per heavy atom. The van der Waals surface area contributed by atoms with Crippen LogP contribution < -0.4 is 10.00 Å². The van der Waals surface area contributed by atoms with Crippen LogP contribution >= 0.6 is 0 Å². The Labute approximate surface area is 113 Å². The van der Waals surface area contributed by atoms with E-state index in [1.807, 2.05) is 0 Å². The number of nitro groups is 1. The summed E-state index contributed by atoms with van der Waals surface area (Å²) < 4.78 is 5.31. The normalized spacial score (nSPS) is 15.3. The van der Waals surface area contributed by atoms with Crippen LogP contribution in [0.25, 0.3) is 11.4 Å². The lowest BCUT2D eigenvalue weighted by Crippen LogP contribution is -2.36. The molecule has 2 heterocycles. The molecule has 1 aromatic heterocycles. The Hall–Kier alpha value is -2.55. The van der Waals surface area contributed by atoms with E-state index >= 15 is 0 Å². The Morgan fingerprint density at radius 3 is 2.80 bits per heavy atom. The maximum absolute atomic E-state index is 10.9. The topological polar surface area (TPSA) is 108 Å². The van der Waals surface area contributed by atoms with Gasteiger partial charge >= 0.3 is 0 Å². The molecule has 0 amide bonds. The molecule has 0 aliphatic carbocycles. The number of hydrogen-bond donors (Lipinski definition) is 0. The second kappa shape index (κ2) is 5.21. The van der Waals surface area contributed by atoms with E-state index in [9.17, 15) is 10.1 Å². The SMILES string of the molecule is O=[N+]([O-])c1ccc(N2CCOCC2)c(-c2nnn[n-]2)c1. The average molecular weight is 275 g/mol. The van der Waals surface area contributed by atoms with Gasteiger partial charge in [-0.15, -0.1) is 0 Å². The van der Waals surface area contributed by atoms with Crippen molar-refractivity contribution < 1.29 is 9.66 Å². The second-order valence-electron chi connectivity index (χ2n) is 4.26. The number of benzene rings is 1. The van der Waals surface area contributed by atoms with Gasteiger partial charge in [-0.3, -0.25) is 20.4 Å². The van der Waals surface area contributed by atoms with Gasteiger partial charge in [0.05, 0.1) is 18.1 Å². The quantitative estimate of drug-likeness (QED) is 0.579. The minimum Gasteiger partial charge on any atom is -0.378 e. The highest BCUT2D eigenvalue weighted by atomic mass is 16.6. The Bertz CT molecular complexity index is 609. The van der Waals surface area contributed by atoms with Crippen LogP contribution in [0.5, 0.6) is 0 Å². The lowest BCUT2D eigenvalue weighted by atomic mass is 10.1. The fourth-order valence-electron chi connectivity index (χ4n) is 2.15. The molecule has 0 spiro atoms. The van der Waals surface area contributed by atoms with Gasteiger partial charge < -0.3 is 14.7 Å². The van der Waals surface area contributed by atoms with Gasteiger partial charge in [0.25, 0.3) is 5.69 Å². The van der Waals surface area contributed by atoms with Crippen LogP contribution in [-0.2, 0) is 4.74 Å². The van der Waals surface area contributed by atoms with Crippen molar-refractivity contribution in [3.8, 4) is 11.4 Å². The molecule has 2 aromatic rings. The van der Waals surface area contributed by atoms with E-state index in [1.54, 1.807) is 6.07 Å². The molecule has 1 saturated heterocycles. The number of rotatable bonds is 3. The zero-order valence-electron chi connectivity index (χ0n) is 10.5. The molecular formula is C11H11N6O3-. The van der Waals surface area contributed by atoms with E-state index in [4.69, 9.17) is 4.74 Å². The minimum absolute atomic E-state index is 0.0122. The number of aromatic nitrogens is 4. The van der Waals surface area contributed by atoms with E-state index in [-0.39, 0.29) is 11.5 Å². The molecule has 20 heavy (non-hydrogen) atoms. The molecule has 3 rings (SSSR count). The van der Waals surface area contributed by atoms with E-state index in [2.05, 4.69) is 25.5 Å². The van der Waals surface area contributed by atoms with E-state index in [0.717, 1.165) is 5.69 Å². The first kappa shape index (κ1) is 12.5. The third kappa shape index (κ3) is 2.30. The smallest absolute Gasteiger partial charge is 0.270 e. The van der Waals surface area contributed by atoms with Crippen LogP contribution in [0.15, 0.2) is 18.2 Å². The molecule has 9 nitrogen and oxygen atoms in total. The van der Waals surface area contributed by atoms with Gasteiger partial charge in [-0.2, -0.15) is 5.21 Å². The van der Waals surface area contributed by atoms with Crippen molar-refractivity contribution in [3.63, 3.8) is 0 Å². The molecule has 1 aliphatic rings. The molecule has 0 atom stereocenters. The molecule has 0 unspecified atom stereocenters. The Morgan fingerprint density at radius 2 is 2.15 bits per heavy atom. The molecule has 104 valence electrons. The highest BCUT2D eigenvalue weighted by Crippen LogP contribution is 2.32. The molecule has 1 fully saturated rings. The van der Waals surface area contributed by atoms with Crippen LogP contribution in [0.4, 0.5) is 11.4 Å². The van der Waals surface area contributed by atoms with Crippen molar-refractivity contribution in [3.05, 3.63) is 28.3 Å². The summed E-state index contributed by atoms with van der Waals surface area (Å²) in [7, 11) is 0. The van der Waals surface area contributed by atoms with Gasteiger partial charge in [0.1, 0.15) is 0 Å². The van der Waals surface area contributed by atoms with E-state index < -0.39 is 4.92 Å². The summed E-state index contributed by atoms with van der Waals surface area (Å²) >= 11 is 0. The summed E-state index contributed by atoms with van der Waals surface area (Å²) in [4.78, 5) is 12.5. The van der Waals surface area contributed by atoms with Crippen LogP contribution in [-0.4, -0.2) is 46.8 Å². The fraction of sp³-hybridized carbons (Fsp3) is 0.364. The molecule has 0 N–H and O–H groups in total. The highest BCUT2D eigenvalue weighted by Gasteiger charge is 2.18. The van der Waals surface area contributed by atoms with Crippen molar-refractivity contribution >= 4 is 11.4 Å². The van der Waals surface area contributed by atoms with Crippen molar-refractivity contribution in [2.75, 3.05) is 31.2 Å². The van der Waals surface area contributed by atoms with Gasteiger partial charge in [-0.1, -0.05) is 0 Å². The van der Waals surface area contributed by atoms with Crippen molar-refractivity contribution in [1.29, 1.82) is 0 Å². The molecule has 9 heteroatoms. The highest BCUT2D eigenvalue weighted by molar-refractivity contribution is 5.76. The predicted octanol–water partition coefficient (Wildman–Crippen LogP) is 0.241. The number of tetrazole rings is 1. The van der Waals surface area contributed by atoms with Gasteiger partial charge in [0, 0.05) is 42.3 Å². The van der Waals surface area contributed by atoms with Gasteiger partial charge in [0.15, 0.2) is 0 Å². The largest absolute Gasteiger partial charge is 0.378 e. The number of anilines is 1. The number of non-ortho nitro benzene ring substituents is 1. The summed E-state index contributed by atoms with van der Waals surface area (Å²) in [5.74, 6) is 0.287. The first-order valence-electron chi connectivity index (χ1n) is 6.06. The zero-order chi connectivity index (χ0) is 13.9. The maximum Gasteiger partial charge on any atom is 0.270 e. The lowest BCUT2D eigenvalue weighted by molar-refractivity contribution is -0.384. The van der Waals surface area contributed by atoms with Crippen molar-refractivity contribution in [2.24, 2.45) is 0 Å².